The van der Waals surface area contributed by atoms with E-state index in [9.17, 15) is 0 Å². The van der Waals surface area contributed by atoms with Crippen LogP contribution in [-0.4, -0.2) is 19.8 Å². The lowest BCUT2D eigenvalue weighted by Crippen LogP contribution is -2.16. The summed E-state index contributed by atoms with van der Waals surface area (Å²) in [5.74, 6) is 1.45. The lowest BCUT2D eigenvalue weighted by molar-refractivity contribution is 0.172. The van der Waals surface area contributed by atoms with Crippen molar-refractivity contribution in [1.82, 2.24) is 0 Å². The molecule has 1 aliphatic heterocycles. The van der Waals surface area contributed by atoms with Crippen molar-refractivity contribution in [3.8, 4) is 11.5 Å². The second-order valence-corrected chi connectivity index (χ2v) is 5.32. The predicted octanol–water partition coefficient (Wildman–Crippen LogP) is 3.35. The number of rotatable bonds is 4. The minimum absolute atomic E-state index is 0.565. The molecule has 3 N–H and O–H groups in total. The van der Waals surface area contributed by atoms with E-state index in [1.165, 1.54) is 5.56 Å². The summed E-state index contributed by atoms with van der Waals surface area (Å²) in [6, 6.07) is 11.5. The maximum absolute atomic E-state index is 6.03. The SMILES string of the molecule is Nc1cc2c(cc1NCCc1ccc(Cl)cc1)OCCO2. The molecule has 1 heterocycles. The van der Waals surface area contributed by atoms with Crippen molar-refractivity contribution in [3.05, 3.63) is 47.0 Å². The summed E-state index contributed by atoms with van der Waals surface area (Å²) in [6.45, 7) is 1.92. The maximum atomic E-state index is 6.03. The van der Waals surface area contributed by atoms with Gasteiger partial charge in [-0.1, -0.05) is 23.7 Å². The van der Waals surface area contributed by atoms with Crippen LogP contribution in [0.2, 0.25) is 5.02 Å². The van der Waals surface area contributed by atoms with Gasteiger partial charge < -0.3 is 20.5 Å². The summed E-state index contributed by atoms with van der Waals surface area (Å²) in [5, 5.41) is 4.09. The zero-order valence-electron chi connectivity index (χ0n) is 11.6. The first-order chi connectivity index (χ1) is 10.2. The largest absolute Gasteiger partial charge is 0.486 e. The van der Waals surface area contributed by atoms with Gasteiger partial charge in [-0.2, -0.15) is 0 Å². The van der Waals surface area contributed by atoms with Crippen molar-refractivity contribution in [2.24, 2.45) is 0 Å². The summed E-state index contributed by atoms with van der Waals surface area (Å²) in [6.07, 6.45) is 0.894. The molecule has 0 atom stereocenters. The van der Waals surface area contributed by atoms with Crippen molar-refractivity contribution in [2.45, 2.75) is 6.42 Å². The quantitative estimate of drug-likeness (QED) is 0.851. The number of nitrogens with two attached hydrogens (primary N) is 1. The molecule has 5 heteroatoms. The molecule has 0 amide bonds. The van der Waals surface area contributed by atoms with Crippen LogP contribution in [0.1, 0.15) is 5.56 Å². The smallest absolute Gasteiger partial charge is 0.163 e. The molecule has 0 saturated heterocycles. The third kappa shape index (κ3) is 3.34. The minimum atomic E-state index is 0.565. The third-order valence-electron chi connectivity index (χ3n) is 3.36. The fourth-order valence-corrected chi connectivity index (χ4v) is 2.38. The molecule has 0 aliphatic carbocycles. The molecule has 2 aromatic rings. The molecule has 4 nitrogen and oxygen atoms in total. The second kappa shape index (κ2) is 6.14. The first-order valence-corrected chi connectivity index (χ1v) is 7.27. The number of hydrogen-bond acceptors (Lipinski definition) is 4. The standard InChI is InChI=1S/C16H17ClN2O2/c17-12-3-1-11(2-4-12)5-6-19-14-10-16-15(9-13(14)18)20-7-8-21-16/h1-4,9-10,19H,5-8,18H2. The Morgan fingerprint density at radius 3 is 2.43 bits per heavy atom. The first kappa shape index (κ1) is 13.9. The number of anilines is 2. The zero-order chi connectivity index (χ0) is 14.7. The normalized spacial score (nSPS) is 13.0. The molecule has 1 aliphatic rings. The third-order valence-corrected chi connectivity index (χ3v) is 3.61. The molecule has 3 rings (SSSR count). The summed E-state index contributed by atoms with van der Waals surface area (Å²) < 4.78 is 11.1. The Labute approximate surface area is 128 Å². The van der Waals surface area contributed by atoms with Crippen molar-refractivity contribution in [1.29, 1.82) is 0 Å². The van der Waals surface area contributed by atoms with E-state index in [2.05, 4.69) is 5.32 Å². The van der Waals surface area contributed by atoms with E-state index in [4.69, 9.17) is 26.8 Å². The number of nitrogen functional groups attached to an aromatic ring is 1. The van der Waals surface area contributed by atoms with Gasteiger partial charge in [-0.05, 0) is 24.1 Å². The Bertz CT molecular complexity index is 629. The van der Waals surface area contributed by atoms with Crippen LogP contribution < -0.4 is 20.5 Å². The van der Waals surface area contributed by atoms with Gasteiger partial charge in [0.25, 0.3) is 0 Å². The number of ether oxygens (including phenoxy) is 2. The Balaban J connectivity index is 1.63. The molecule has 0 saturated carbocycles. The van der Waals surface area contributed by atoms with Crippen LogP contribution in [0, 0.1) is 0 Å². The van der Waals surface area contributed by atoms with Crippen LogP contribution in [0.5, 0.6) is 11.5 Å². The van der Waals surface area contributed by atoms with Gasteiger partial charge in [-0.3, -0.25) is 0 Å². The van der Waals surface area contributed by atoms with Crippen molar-refractivity contribution < 1.29 is 9.47 Å². The van der Waals surface area contributed by atoms with Gasteiger partial charge in [-0.15, -0.1) is 0 Å². The van der Waals surface area contributed by atoms with Crippen LogP contribution >= 0.6 is 11.6 Å². The van der Waals surface area contributed by atoms with Gasteiger partial charge in [-0.25, -0.2) is 0 Å². The molecule has 0 bridgehead atoms. The molecular weight excluding hydrogens is 288 g/mol. The van der Waals surface area contributed by atoms with E-state index in [0.29, 0.717) is 24.7 Å². The fraction of sp³-hybridized carbons (Fsp3) is 0.250. The van der Waals surface area contributed by atoms with Crippen molar-refractivity contribution >= 4 is 23.0 Å². The van der Waals surface area contributed by atoms with Gasteiger partial charge in [0.15, 0.2) is 11.5 Å². The fourth-order valence-electron chi connectivity index (χ4n) is 2.25. The van der Waals surface area contributed by atoms with Gasteiger partial charge in [0.1, 0.15) is 13.2 Å². The van der Waals surface area contributed by atoms with Crippen LogP contribution in [0.25, 0.3) is 0 Å². The van der Waals surface area contributed by atoms with Gasteiger partial charge in [0.2, 0.25) is 0 Å². The molecule has 0 radical (unpaired) electrons. The van der Waals surface area contributed by atoms with Gasteiger partial charge in [0.05, 0.1) is 11.4 Å². The lowest BCUT2D eigenvalue weighted by atomic mass is 10.1. The van der Waals surface area contributed by atoms with E-state index in [-0.39, 0.29) is 0 Å². The predicted molar refractivity (Wildman–Crippen MR) is 85.5 cm³/mol. The number of halogens is 1. The highest BCUT2D eigenvalue weighted by molar-refractivity contribution is 6.30. The molecule has 0 unspecified atom stereocenters. The van der Waals surface area contributed by atoms with Crippen LogP contribution in [0.4, 0.5) is 11.4 Å². The first-order valence-electron chi connectivity index (χ1n) is 6.90. The van der Waals surface area contributed by atoms with Gasteiger partial charge in [0, 0.05) is 23.7 Å². The Morgan fingerprint density at radius 1 is 1.05 bits per heavy atom. The summed E-state index contributed by atoms with van der Waals surface area (Å²) in [4.78, 5) is 0. The topological polar surface area (TPSA) is 56.5 Å². The molecule has 21 heavy (non-hydrogen) atoms. The average molecular weight is 305 g/mol. The van der Waals surface area contributed by atoms with E-state index in [1.54, 1.807) is 6.07 Å². The minimum Gasteiger partial charge on any atom is -0.486 e. The highest BCUT2D eigenvalue weighted by Gasteiger charge is 2.14. The van der Waals surface area contributed by atoms with Crippen LogP contribution in [0.15, 0.2) is 36.4 Å². The number of benzene rings is 2. The van der Waals surface area contributed by atoms with Gasteiger partial charge >= 0.3 is 0 Å². The Morgan fingerprint density at radius 2 is 1.71 bits per heavy atom. The highest BCUT2D eigenvalue weighted by atomic mass is 35.5. The van der Waals surface area contributed by atoms with Crippen LogP contribution in [-0.2, 0) is 6.42 Å². The Hall–Kier alpha value is -2.07. The van der Waals surface area contributed by atoms with E-state index in [0.717, 1.165) is 29.4 Å². The zero-order valence-corrected chi connectivity index (χ0v) is 12.3. The van der Waals surface area contributed by atoms with Crippen LogP contribution in [0.3, 0.4) is 0 Å². The average Bonchev–Trinajstić information content (AvgIpc) is 2.50. The summed E-state index contributed by atoms with van der Waals surface area (Å²) in [5.41, 5.74) is 8.78. The Kier molecular flexibility index (Phi) is 4.06. The molecule has 0 spiro atoms. The highest BCUT2D eigenvalue weighted by Crippen LogP contribution is 2.36. The van der Waals surface area contributed by atoms with E-state index < -0.39 is 0 Å². The molecule has 110 valence electrons. The lowest BCUT2D eigenvalue weighted by Gasteiger charge is -2.20. The number of fused-ring (bicyclic) bond motifs is 1. The molecule has 0 aromatic heterocycles. The molecule has 0 fully saturated rings. The monoisotopic (exact) mass is 304 g/mol. The summed E-state index contributed by atoms with van der Waals surface area (Å²) >= 11 is 5.87. The number of nitrogens with one attached hydrogen (secondary N) is 1. The molecule has 2 aromatic carbocycles. The second-order valence-electron chi connectivity index (χ2n) is 4.89. The number of hydrogen-bond donors (Lipinski definition) is 2. The summed E-state index contributed by atoms with van der Waals surface area (Å²) in [7, 11) is 0. The molecular formula is C16H17ClN2O2. The maximum Gasteiger partial charge on any atom is 0.163 e. The van der Waals surface area contributed by atoms with Crippen molar-refractivity contribution in [2.75, 3.05) is 30.8 Å². The van der Waals surface area contributed by atoms with E-state index in [1.807, 2.05) is 30.3 Å². The van der Waals surface area contributed by atoms with Crippen molar-refractivity contribution in [3.63, 3.8) is 0 Å². The van der Waals surface area contributed by atoms with E-state index >= 15 is 0 Å².